The SMILES string of the molecule is COc1cccc(OC)c1-n1c(-c2cncc(C)c2)nnc1N(C)S(=O)(=O)C(C)C(C)c1ncc(C)cn1. The van der Waals surface area contributed by atoms with E-state index in [1.54, 1.807) is 61.4 Å². The Bertz CT molecular complexity index is 1520. The van der Waals surface area contributed by atoms with Crippen LogP contribution < -0.4 is 13.8 Å². The minimum Gasteiger partial charge on any atom is -0.494 e. The molecule has 0 aliphatic rings. The van der Waals surface area contributed by atoms with Gasteiger partial charge in [-0.05, 0) is 50.1 Å². The summed E-state index contributed by atoms with van der Waals surface area (Å²) >= 11 is 0. The minimum atomic E-state index is -3.96. The average Bonchev–Trinajstić information content (AvgIpc) is 3.36. The molecule has 0 aliphatic heterocycles. The molecule has 38 heavy (non-hydrogen) atoms. The normalized spacial score (nSPS) is 13.1. The van der Waals surface area contributed by atoms with Gasteiger partial charge in [0, 0.05) is 43.3 Å². The molecule has 2 atom stereocenters. The number of benzene rings is 1. The zero-order chi connectivity index (χ0) is 27.6. The number of ether oxygens (including phenoxy) is 2. The van der Waals surface area contributed by atoms with Gasteiger partial charge in [0.15, 0.2) is 5.82 Å². The predicted octanol–water partition coefficient (Wildman–Crippen LogP) is 3.71. The molecule has 1 aromatic carbocycles. The molecule has 200 valence electrons. The Morgan fingerprint density at radius 1 is 0.921 bits per heavy atom. The van der Waals surface area contributed by atoms with Crippen molar-refractivity contribution in [2.75, 3.05) is 25.6 Å². The van der Waals surface area contributed by atoms with Crippen LogP contribution >= 0.6 is 0 Å². The topological polar surface area (TPSA) is 125 Å². The number of aryl methyl sites for hydroxylation is 2. The maximum absolute atomic E-state index is 13.9. The third kappa shape index (κ3) is 4.91. The highest BCUT2D eigenvalue weighted by molar-refractivity contribution is 7.93. The van der Waals surface area contributed by atoms with Gasteiger partial charge in [-0.25, -0.2) is 22.7 Å². The summed E-state index contributed by atoms with van der Waals surface area (Å²) in [6.45, 7) is 7.21. The number of aromatic nitrogens is 6. The molecule has 0 spiro atoms. The molecule has 0 amide bonds. The Hall–Kier alpha value is -4.06. The fraction of sp³-hybridized carbons (Fsp3) is 0.346. The van der Waals surface area contributed by atoms with Crippen LogP contribution in [0.5, 0.6) is 11.5 Å². The van der Waals surface area contributed by atoms with Crippen molar-refractivity contribution in [3.63, 3.8) is 0 Å². The second-order valence-electron chi connectivity index (χ2n) is 9.05. The Morgan fingerprint density at radius 2 is 1.55 bits per heavy atom. The molecule has 0 radical (unpaired) electrons. The van der Waals surface area contributed by atoms with Crippen LogP contribution in [-0.2, 0) is 10.0 Å². The van der Waals surface area contributed by atoms with Crippen molar-refractivity contribution < 1.29 is 17.9 Å². The highest BCUT2D eigenvalue weighted by Crippen LogP contribution is 2.39. The monoisotopic (exact) mass is 537 g/mol. The van der Waals surface area contributed by atoms with Gasteiger partial charge in [0.1, 0.15) is 23.0 Å². The zero-order valence-electron chi connectivity index (χ0n) is 22.4. The molecule has 3 heterocycles. The second kappa shape index (κ2) is 10.7. The minimum absolute atomic E-state index is 0.0631. The second-order valence-corrected chi connectivity index (χ2v) is 11.4. The molecule has 4 rings (SSSR count). The van der Waals surface area contributed by atoms with E-state index in [0.717, 1.165) is 15.4 Å². The van der Waals surface area contributed by atoms with Crippen LogP contribution in [0.2, 0.25) is 0 Å². The van der Waals surface area contributed by atoms with E-state index in [0.29, 0.717) is 34.4 Å². The molecule has 0 bridgehead atoms. The Kier molecular flexibility index (Phi) is 7.63. The van der Waals surface area contributed by atoms with Crippen LogP contribution in [0.4, 0.5) is 5.95 Å². The van der Waals surface area contributed by atoms with E-state index in [1.165, 1.54) is 21.3 Å². The molecule has 12 heteroatoms. The summed E-state index contributed by atoms with van der Waals surface area (Å²) in [7, 11) is 0.550. The first-order valence-electron chi connectivity index (χ1n) is 11.9. The Balaban J connectivity index is 1.89. The summed E-state index contributed by atoms with van der Waals surface area (Å²) in [6, 6.07) is 7.19. The van der Waals surface area contributed by atoms with Crippen molar-refractivity contribution in [2.45, 2.75) is 38.9 Å². The number of methoxy groups -OCH3 is 2. The summed E-state index contributed by atoms with van der Waals surface area (Å²) in [5, 5.41) is 7.85. The van der Waals surface area contributed by atoms with Crippen molar-refractivity contribution in [1.82, 2.24) is 29.7 Å². The van der Waals surface area contributed by atoms with E-state index in [2.05, 4.69) is 25.1 Å². The number of nitrogens with zero attached hydrogens (tertiary/aromatic N) is 7. The quantitative estimate of drug-likeness (QED) is 0.314. The van der Waals surface area contributed by atoms with Crippen LogP contribution in [-0.4, -0.2) is 64.7 Å². The predicted molar refractivity (Wildman–Crippen MR) is 144 cm³/mol. The van der Waals surface area contributed by atoms with Crippen LogP contribution in [0.1, 0.15) is 36.7 Å². The molecule has 2 unspecified atom stereocenters. The lowest BCUT2D eigenvalue weighted by atomic mass is 10.1. The number of rotatable bonds is 9. The molecule has 0 aliphatic carbocycles. The first-order chi connectivity index (χ1) is 18.1. The maximum atomic E-state index is 13.9. The summed E-state index contributed by atoms with van der Waals surface area (Å²) < 4.78 is 41.9. The van der Waals surface area contributed by atoms with Crippen molar-refractivity contribution in [3.8, 4) is 28.6 Å². The van der Waals surface area contributed by atoms with Gasteiger partial charge in [0.05, 0.1) is 19.5 Å². The molecule has 0 N–H and O–H groups in total. The highest BCUT2D eigenvalue weighted by atomic mass is 32.2. The first kappa shape index (κ1) is 27.0. The maximum Gasteiger partial charge on any atom is 0.245 e. The van der Waals surface area contributed by atoms with E-state index in [9.17, 15) is 8.42 Å². The number of sulfonamides is 1. The summed E-state index contributed by atoms with van der Waals surface area (Å²) in [6.07, 6.45) is 6.72. The van der Waals surface area contributed by atoms with Crippen LogP contribution in [0, 0.1) is 13.8 Å². The van der Waals surface area contributed by atoms with Gasteiger partial charge in [-0.3, -0.25) is 9.55 Å². The lowest BCUT2D eigenvalue weighted by molar-refractivity contribution is 0.391. The van der Waals surface area contributed by atoms with Crippen LogP contribution in [0.15, 0.2) is 49.1 Å². The van der Waals surface area contributed by atoms with Crippen LogP contribution in [0.25, 0.3) is 17.1 Å². The molecule has 0 saturated heterocycles. The largest absolute Gasteiger partial charge is 0.494 e. The van der Waals surface area contributed by atoms with E-state index in [4.69, 9.17) is 9.47 Å². The highest BCUT2D eigenvalue weighted by Gasteiger charge is 2.36. The van der Waals surface area contributed by atoms with Crippen molar-refractivity contribution in [1.29, 1.82) is 0 Å². The summed E-state index contributed by atoms with van der Waals surface area (Å²) in [5.74, 6) is 1.30. The lowest BCUT2D eigenvalue weighted by Crippen LogP contribution is -2.39. The molecular weight excluding hydrogens is 506 g/mol. The van der Waals surface area contributed by atoms with Gasteiger partial charge >= 0.3 is 0 Å². The van der Waals surface area contributed by atoms with E-state index in [-0.39, 0.29) is 5.95 Å². The molecular formula is C26H31N7O4S. The van der Waals surface area contributed by atoms with Gasteiger partial charge in [-0.1, -0.05) is 13.0 Å². The van der Waals surface area contributed by atoms with Gasteiger partial charge in [0.2, 0.25) is 16.0 Å². The van der Waals surface area contributed by atoms with Gasteiger partial charge in [-0.2, -0.15) is 0 Å². The Morgan fingerprint density at radius 3 is 2.13 bits per heavy atom. The van der Waals surface area contributed by atoms with E-state index in [1.807, 2.05) is 19.9 Å². The van der Waals surface area contributed by atoms with Gasteiger partial charge in [-0.15, -0.1) is 10.2 Å². The summed E-state index contributed by atoms with van der Waals surface area (Å²) in [5.41, 5.74) is 2.91. The molecule has 11 nitrogen and oxygen atoms in total. The standard InChI is InChI=1S/C26H31N7O4S/c1-16-11-20(15-27-12-16)25-30-31-26(33(25)23-21(36-6)9-8-10-22(23)37-7)32(5)38(34,35)19(4)18(3)24-28-13-17(2)14-29-24/h8-15,18-19H,1-7H3. The van der Waals surface area contributed by atoms with Gasteiger partial charge in [0.25, 0.3) is 0 Å². The van der Waals surface area contributed by atoms with E-state index < -0.39 is 21.2 Å². The third-order valence-corrected chi connectivity index (χ3v) is 8.72. The van der Waals surface area contributed by atoms with Crippen molar-refractivity contribution in [2.24, 2.45) is 0 Å². The number of hydrogen-bond acceptors (Lipinski definition) is 9. The number of para-hydroxylation sites is 1. The number of anilines is 1. The Labute approximate surface area is 222 Å². The van der Waals surface area contributed by atoms with E-state index >= 15 is 0 Å². The molecule has 0 saturated carbocycles. The average molecular weight is 538 g/mol. The first-order valence-corrected chi connectivity index (χ1v) is 13.5. The molecule has 3 aromatic heterocycles. The third-order valence-electron chi connectivity index (χ3n) is 6.45. The smallest absolute Gasteiger partial charge is 0.245 e. The zero-order valence-corrected chi connectivity index (χ0v) is 23.3. The van der Waals surface area contributed by atoms with Gasteiger partial charge < -0.3 is 9.47 Å². The summed E-state index contributed by atoms with van der Waals surface area (Å²) in [4.78, 5) is 13.0. The lowest BCUT2D eigenvalue weighted by Gasteiger charge is -2.27. The van der Waals surface area contributed by atoms with Crippen LogP contribution in [0.3, 0.4) is 0 Å². The fourth-order valence-corrected chi connectivity index (χ4v) is 5.55. The fourth-order valence-electron chi connectivity index (χ4n) is 4.07. The number of hydrogen-bond donors (Lipinski definition) is 0. The molecule has 4 aromatic rings. The van der Waals surface area contributed by atoms with Crippen molar-refractivity contribution >= 4 is 16.0 Å². The van der Waals surface area contributed by atoms with Crippen molar-refractivity contribution in [3.05, 3.63) is 66.0 Å². The molecule has 0 fully saturated rings. The number of pyridine rings is 1.